The molecule has 0 spiro atoms. The number of hydrogen-bond donors (Lipinski definition) is 5. The molecular formula is C35H58O7. The minimum Gasteiger partial charge on any atom is -0.396 e. The van der Waals surface area contributed by atoms with Crippen molar-refractivity contribution in [1.82, 2.24) is 0 Å². The second-order valence-electron chi connectivity index (χ2n) is 17.5. The summed E-state index contributed by atoms with van der Waals surface area (Å²) < 4.78 is 12.0. The summed E-state index contributed by atoms with van der Waals surface area (Å²) in [6.07, 6.45) is 6.29. The van der Waals surface area contributed by atoms with E-state index in [-0.39, 0.29) is 58.4 Å². The zero-order valence-corrected chi connectivity index (χ0v) is 27.1. The number of allylic oxidation sites excluding steroid dienone is 2. The van der Waals surface area contributed by atoms with Crippen LogP contribution in [0.2, 0.25) is 0 Å². The predicted octanol–water partition coefficient (Wildman–Crippen LogP) is 4.58. The van der Waals surface area contributed by atoms with Gasteiger partial charge in [-0.25, -0.2) is 0 Å². The Morgan fingerprint density at radius 3 is 2.24 bits per heavy atom. The molecule has 0 radical (unpaired) electrons. The highest BCUT2D eigenvalue weighted by molar-refractivity contribution is 5.34. The fraction of sp³-hybridized carbons (Fsp3) is 0.943. The molecule has 7 heteroatoms. The van der Waals surface area contributed by atoms with Crippen LogP contribution in [0.15, 0.2) is 11.6 Å². The summed E-state index contributed by atoms with van der Waals surface area (Å²) in [6.45, 7) is 16.6. The molecule has 0 bridgehead atoms. The lowest BCUT2D eigenvalue weighted by Gasteiger charge is -2.72. The fourth-order valence-corrected chi connectivity index (χ4v) is 12.0. The third-order valence-electron chi connectivity index (χ3n) is 15.0. The van der Waals surface area contributed by atoms with Gasteiger partial charge in [0.25, 0.3) is 0 Å². The van der Waals surface area contributed by atoms with Crippen molar-refractivity contribution in [3.63, 3.8) is 0 Å². The van der Waals surface area contributed by atoms with Crippen LogP contribution in [0.25, 0.3) is 0 Å². The second-order valence-corrected chi connectivity index (χ2v) is 17.5. The highest BCUT2D eigenvalue weighted by Gasteiger charge is 2.69. The molecule has 4 saturated carbocycles. The van der Waals surface area contributed by atoms with Crippen LogP contribution in [0.4, 0.5) is 0 Å². The molecule has 14 atom stereocenters. The zero-order valence-electron chi connectivity index (χ0n) is 27.1. The maximum Gasteiger partial charge on any atom is 0.186 e. The molecule has 5 aliphatic carbocycles. The maximum atomic E-state index is 11.4. The van der Waals surface area contributed by atoms with Crippen LogP contribution in [-0.4, -0.2) is 75.6 Å². The number of aliphatic hydroxyl groups excluding tert-OH is 5. The maximum absolute atomic E-state index is 11.4. The van der Waals surface area contributed by atoms with Crippen molar-refractivity contribution in [3.05, 3.63) is 11.6 Å². The monoisotopic (exact) mass is 590 g/mol. The fourth-order valence-electron chi connectivity index (χ4n) is 12.0. The summed E-state index contributed by atoms with van der Waals surface area (Å²) in [5.74, 6) is 1.13. The number of hydrogen-bond acceptors (Lipinski definition) is 7. The van der Waals surface area contributed by atoms with Gasteiger partial charge in [0.05, 0.1) is 25.4 Å². The first-order chi connectivity index (χ1) is 19.5. The molecule has 1 aliphatic heterocycles. The topological polar surface area (TPSA) is 120 Å². The molecule has 6 aliphatic rings. The Morgan fingerprint density at radius 1 is 0.833 bits per heavy atom. The van der Waals surface area contributed by atoms with E-state index in [4.69, 9.17) is 9.47 Å². The SMILES string of the molecule is CC1(C)C[C@@H](O)[C@]2(C)CC[C@]3(C)C(=CC[C@@H]4[C@@]5(C)CC[C@H](O[C@@H]6OC[C@H](O)[C@H](O)[C@H]6O)[C@](C)(CO)[C@@H]5CC[C@]43C)[C@@H]2C1. The van der Waals surface area contributed by atoms with E-state index in [1.165, 1.54) is 0 Å². The van der Waals surface area contributed by atoms with Gasteiger partial charge in [-0.05, 0) is 97.2 Å². The van der Waals surface area contributed by atoms with E-state index in [9.17, 15) is 25.5 Å². The normalized spacial score (nSPS) is 57.2. The zero-order chi connectivity index (χ0) is 30.7. The van der Waals surface area contributed by atoms with E-state index in [2.05, 4.69) is 54.5 Å². The standard InChI is InChI=1S/C35H58O7/c1-30(2)16-21-20-8-9-24-32(4)12-11-26(42-29-28(40)27(39)22(37)18-41-29)33(5,19-36)23(32)10-13-35(24,7)34(20,6)15-14-31(21,3)25(38)17-30/h8,21-29,36-40H,9-19H2,1-7H3/t21-,22-,23+,24+,25+,26-,27-,28+,29-,31+,32-,33+,34+,35+/m0/s1. The van der Waals surface area contributed by atoms with Gasteiger partial charge in [-0.1, -0.05) is 60.1 Å². The molecule has 5 fully saturated rings. The molecule has 1 saturated heterocycles. The average Bonchev–Trinajstić information content (AvgIpc) is 2.92. The second kappa shape index (κ2) is 9.98. The summed E-state index contributed by atoms with van der Waals surface area (Å²) in [6, 6.07) is 0. The Balaban J connectivity index is 1.31. The molecule has 6 rings (SSSR count). The van der Waals surface area contributed by atoms with Crippen LogP contribution in [0, 0.1) is 50.2 Å². The van der Waals surface area contributed by atoms with Crippen LogP contribution in [0.3, 0.4) is 0 Å². The lowest BCUT2D eigenvalue weighted by molar-refractivity contribution is -0.312. The van der Waals surface area contributed by atoms with Gasteiger partial charge in [0, 0.05) is 10.8 Å². The van der Waals surface area contributed by atoms with E-state index >= 15 is 0 Å². The summed E-state index contributed by atoms with van der Waals surface area (Å²) in [5.41, 5.74) is 1.41. The van der Waals surface area contributed by atoms with E-state index in [0.717, 1.165) is 57.8 Å². The van der Waals surface area contributed by atoms with Crippen molar-refractivity contribution in [3.8, 4) is 0 Å². The van der Waals surface area contributed by atoms with Gasteiger partial charge >= 0.3 is 0 Å². The predicted molar refractivity (Wildman–Crippen MR) is 160 cm³/mol. The summed E-state index contributed by atoms with van der Waals surface area (Å²) in [7, 11) is 0. The van der Waals surface area contributed by atoms with Crippen molar-refractivity contribution in [1.29, 1.82) is 0 Å². The Kier molecular flexibility index (Phi) is 7.47. The van der Waals surface area contributed by atoms with Crippen molar-refractivity contribution in [2.75, 3.05) is 13.2 Å². The van der Waals surface area contributed by atoms with Crippen LogP contribution in [-0.2, 0) is 9.47 Å². The van der Waals surface area contributed by atoms with E-state index in [1.807, 2.05) is 0 Å². The molecule has 7 nitrogen and oxygen atoms in total. The van der Waals surface area contributed by atoms with Crippen LogP contribution < -0.4 is 0 Å². The van der Waals surface area contributed by atoms with E-state index in [1.54, 1.807) is 5.57 Å². The quantitative estimate of drug-likeness (QED) is 0.241. The van der Waals surface area contributed by atoms with Crippen LogP contribution in [0.5, 0.6) is 0 Å². The first-order valence-corrected chi connectivity index (χ1v) is 16.8. The van der Waals surface area contributed by atoms with E-state index < -0.39 is 30.0 Å². The van der Waals surface area contributed by atoms with Gasteiger partial charge in [-0.3, -0.25) is 0 Å². The number of ether oxygens (including phenoxy) is 2. The summed E-state index contributed by atoms with van der Waals surface area (Å²) in [5, 5.41) is 53.2. The summed E-state index contributed by atoms with van der Waals surface area (Å²) in [4.78, 5) is 0. The number of fused-ring (bicyclic) bond motifs is 7. The molecule has 0 amide bonds. The van der Waals surface area contributed by atoms with Gasteiger partial charge in [0.1, 0.15) is 18.3 Å². The molecule has 0 unspecified atom stereocenters. The van der Waals surface area contributed by atoms with Crippen LogP contribution in [0.1, 0.15) is 106 Å². The van der Waals surface area contributed by atoms with Crippen molar-refractivity contribution < 1.29 is 35.0 Å². The number of rotatable bonds is 3. The lowest BCUT2D eigenvalue weighted by atomic mass is 9.33. The van der Waals surface area contributed by atoms with Gasteiger partial charge in [0.15, 0.2) is 6.29 Å². The molecule has 42 heavy (non-hydrogen) atoms. The molecule has 0 aromatic carbocycles. The Morgan fingerprint density at radius 2 is 1.55 bits per heavy atom. The third-order valence-corrected chi connectivity index (χ3v) is 15.0. The van der Waals surface area contributed by atoms with Gasteiger partial charge < -0.3 is 35.0 Å². The molecule has 0 aromatic rings. The minimum atomic E-state index is -1.33. The molecular weight excluding hydrogens is 532 g/mol. The van der Waals surface area contributed by atoms with Crippen molar-refractivity contribution in [2.24, 2.45) is 50.2 Å². The Bertz CT molecular complexity index is 1090. The average molecular weight is 591 g/mol. The smallest absolute Gasteiger partial charge is 0.186 e. The highest BCUT2D eigenvalue weighted by atomic mass is 16.7. The van der Waals surface area contributed by atoms with Gasteiger partial charge in [-0.2, -0.15) is 0 Å². The van der Waals surface area contributed by atoms with Gasteiger partial charge in [-0.15, -0.1) is 0 Å². The van der Waals surface area contributed by atoms with Crippen LogP contribution >= 0.6 is 0 Å². The minimum absolute atomic E-state index is 0.0128. The third kappa shape index (κ3) is 4.16. The molecule has 1 heterocycles. The first-order valence-electron chi connectivity index (χ1n) is 16.8. The largest absolute Gasteiger partial charge is 0.396 e. The molecule has 5 N–H and O–H groups in total. The summed E-state index contributed by atoms with van der Waals surface area (Å²) >= 11 is 0. The van der Waals surface area contributed by atoms with E-state index in [0.29, 0.717) is 11.8 Å². The van der Waals surface area contributed by atoms with Gasteiger partial charge in [0.2, 0.25) is 0 Å². The van der Waals surface area contributed by atoms with Crippen molar-refractivity contribution in [2.45, 2.75) is 143 Å². The lowest BCUT2D eigenvalue weighted by Crippen LogP contribution is -2.66. The molecule has 240 valence electrons. The molecule has 0 aromatic heterocycles. The highest BCUT2D eigenvalue weighted by Crippen LogP contribution is 2.75. The van der Waals surface area contributed by atoms with Crippen molar-refractivity contribution >= 4 is 0 Å². The Hall–Kier alpha value is -0.540. The Labute approximate surface area is 253 Å². The first kappa shape index (κ1) is 31.4. The number of aliphatic hydroxyl groups is 5.